The van der Waals surface area contributed by atoms with E-state index in [2.05, 4.69) is 54.9 Å². The number of aryl methyl sites for hydroxylation is 1. The van der Waals surface area contributed by atoms with Gasteiger partial charge in [0.1, 0.15) is 5.75 Å². The van der Waals surface area contributed by atoms with Gasteiger partial charge in [-0.2, -0.15) is 0 Å². The Kier molecular flexibility index (Phi) is 5.62. The van der Waals surface area contributed by atoms with Gasteiger partial charge in [0.15, 0.2) is 0 Å². The van der Waals surface area contributed by atoms with Crippen molar-refractivity contribution in [2.24, 2.45) is 0 Å². The number of ether oxygens (including phenoxy) is 1. The van der Waals surface area contributed by atoms with E-state index in [1.54, 1.807) is 18.4 Å². The van der Waals surface area contributed by atoms with Crippen molar-refractivity contribution in [1.29, 1.82) is 0 Å². The molecule has 0 spiro atoms. The van der Waals surface area contributed by atoms with Crippen LogP contribution in [-0.4, -0.2) is 13.7 Å². The largest absolute Gasteiger partial charge is 0.496 e. The highest BCUT2D eigenvalue weighted by molar-refractivity contribution is 7.10. The first-order valence-corrected chi connectivity index (χ1v) is 8.03. The summed E-state index contributed by atoms with van der Waals surface area (Å²) < 4.78 is 5.47. The minimum Gasteiger partial charge on any atom is -0.496 e. The second kappa shape index (κ2) is 7.46. The van der Waals surface area contributed by atoms with Crippen LogP contribution in [0.25, 0.3) is 0 Å². The number of benzene rings is 1. The number of hydrogen-bond acceptors (Lipinski definition) is 3. The van der Waals surface area contributed by atoms with Crippen LogP contribution in [0.2, 0.25) is 0 Å². The molecule has 0 bridgehead atoms. The first-order valence-electron chi connectivity index (χ1n) is 7.15. The minimum atomic E-state index is 0.326. The van der Waals surface area contributed by atoms with E-state index in [9.17, 15) is 0 Å². The molecule has 1 aromatic heterocycles. The highest BCUT2D eigenvalue weighted by atomic mass is 32.1. The first-order chi connectivity index (χ1) is 9.74. The minimum absolute atomic E-state index is 0.326. The zero-order chi connectivity index (χ0) is 14.4. The van der Waals surface area contributed by atoms with E-state index in [0.29, 0.717) is 6.04 Å². The monoisotopic (exact) mass is 289 g/mol. The van der Waals surface area contributed by atoms with Crippen LogP contribution >= 0.6 is 11.3 Å². The van der Waals surface area contributed by atoms with Gasteiger partial charge in [-0.15, -0.1) is 11.3 Å². The van der Waals surface area contributed by atoms with E-state index >= 15 is 0 Å². The summed E-state index contributed by atoms with van der Waals surface area (Å²) in [6.07, 6.45) is 2.13. The summed E-state index contributed by atoms with van der Waals surface area (Å²) >= 11 is 1.77. The van der Waals surface area contributed by atoms with Crippen LogP contribution in [0.3, 0.4) is 0 Å². The van der Waals surface area contributed by atoms with Crippen molar-refractivity contribution in [3.8, 4) is 5.75 Å². The van der Waals surface area contributed by atoms with E-state index in [1.165, 1.54) is 16.0 Å². The molecule has 2 aromatic rings. The van der Waals surface area contributed by atoms with Crippen LogP contribution < -0.4 is 10.1 Å². The molecular formula is C17H23NOS. The summed E-state index contributed by atoms with van der Waals surface area (Å²) in [5.41, 5.74) is 2.67. The maximum Gasteiger partial charge on any atom is 0.134 e. The molecule has 2 nitrogen and oxygen atoms in total. The molecule has 1 aromatic carbocycles. The number of methoxy groups -OCH3 is 1. The molecule has 0 aliphatic rings. The van der Waals surface area contributed by atoms with Crippen molar-refractivity contribution in [3.05, 3.63) is 51.7 Å². The van der Waals surface area contributed by atoms with E-state index in [-0.39, 0.29) is 0 Å². The molecule has 0 aliphatic carbocycles. The van der Waals surface area contributed by atoms with Crippen molar-refractivity contribution in [1.82, 2.24) is 5.32 Å². The highest BCUT2D eigenvalue weighted by Crippen LogP contribution is 2.32. The smallest absolute Gasteiger partial charge is 0.134 e. The molecule has 0 saturated heterocycles. The SMILES string of the molecule is CCCNC(Cc1ccc(C)cc1)c1sccc1OC. The molecule has 1 atom stereocenters. The molecule has 1 heterocycles. The average Bonchev–Trinajstić information content (AvgIpc) is 2.94. The fourth-order valence-electron chi connectivity index (χ4n) is 2.27. The molecule has 0 fully saturated rings. The Morgan fingerprint density at radius 3 is 2.60 bits per heavy atom. The highest BCUT2D eigenvalue weighted by Gasteiger charge is 2.17. The third kappa shape index (κ3) is 3.84. The van der Waals surface area contributed by atoms with E-state index in [0.717, 1.165) is 25.1 Å². The Balaban J connectivity index is 2.17. The molecule has 1 unspecified atom stereocenters. The van der Waals surface area contributed by atoms with Crippen LogP contribution in [-0.2, 0) is 6.42 Å². The Labute approximate surface area is 125 Å². The predicted molar refractivity (Wildman–Crippen MR) is 86.8 cm³/mol. The molecule has 108 valence electrons. The van der Waals surface area contributed by atoms with Gasteiger partial charge in [-0.05, 0) is 43.3 Å². The molecule has 2 rings (SSSR count). The first kappa shape index (κ1) is 15.1. The Morgan fingerprint density at radius 2 is 1.95 bits per heavy atom. The Hall–Kier alpha value is -1.32. The molecular weight excluding hydrogens is 266 g/mol. The van der Waals surface area contributed by atoms with Gasteiger partial charge in [0.05, 0.1) is 12.0 Å². The molecule has 1 N–H and O–H groups in total. The van der Waals surface area contributed by atoms with Crippen LogP contribution in [0.15, 0.2) is 35.7 Å². The van der Waals surface area contributed by atoms with Crippen molar-refractivity contribution in [2.45, 2.75) is 32.7 Å². The fraction of sp³-hybridized carbons (Fsp3) is 0.412. The van der Waals surface area contributed by atoms with E-state index in [4.69, 9.17) is 4.74 Å². The average molecular weight is 289 g/mol. The number of thiophene rings is 1. The maximum atomic E-state index is 5.47. The Morgan fingerprint density at radius 1 is 1.20 bits per heavy atom. The quantitative estimate of drug-likeness (QED) is 0.818. The van der Waals surface area contributed by atoms with Gasteiger partial charge in [0.25, 0.3) is 0 Å². The zero-order valence-corrected chi connectivity index (χ0v) is 13.3. The molecule has 20 heavy (non-hydrogen) atoms. The lowest BCUT2D eigenvalue weighted by molar-refractivity contribution is 0.402. The van der Waals surface area contributed by atoms with Crippen molar-refractivity contribution < 1.29 is 4.74 Å². The lowest BCUT2D eigenvalue weighted by Gasteiger charge is -2.19. The zero-order valence-electron chi connectivity index (χ0n) is 12.5. The lowest BCUT2D eigenvalue weighted by Crippen LogP contribution is -2.23. The van der Waals surface area contributed by atoms with Gasteiger partial charge in [0, 0.05) is 6.04 Å². The van der Waals surface area contributed by atoms with Crippen LogP contribution in [0.4, 0.5) is 0 Å². The summed E-state index contributed by atoms with van der Waals surface area (Å²) in [5, 5.41) is 5.74. The van der Waals surface area contributed by atoms with E-state index in [1.807, 2.05) is 0 Å². The molecule has 0 radical (unpaired) electrons. The number of nitrogens with one attached hydrogen (secondary N) is 1. The molecule has 0 aliphatic heterocycles. The summed E-state index contributed by atoms with van der Waals surface area (Å²) in [6, 6.07) is 11.2. The van der Waals surface area contributed by atoms with Crippen LogP contribution in [0.1, 0.15) is 35.4 Å². The number of hydrogen-bond donors (Lipinski definition) is 1. The summed E-state index contributed by atoms with van der Waals surface area (Å²) in [5.74, 6) is 0.996. The van der Waals surface area contributed by atoms with Crippen molar-refractivity contribution in [3.63, 3.8) is 0 Å². The summed E-state index contributed by atoms with van der Waals surface area (Å²) in [7, 11) is 1.74. The maximum absolute atomic E-state index is 5.47. The fourth-order valence-corrected chi connectivity index (χ4v) is 3.20. The molecule has 0 amide bonds. The van der Waals surface area contributed by atoms with Gasteiger partial charge < -0.3 is 10.1 Å². The number of rotatable bonds is 7. The van der Waals surface area contributed by atoms with Gasteiger partial charge in [0.2, 0.25) is 0 Å². The van der Waals surface area contributed by atoms with Crippen molar-refractivity contribution >= 4 is 11.3 Å². The van der Waals surface area contributed by atoms with Crippen molar-refractivity contribution in [2.75, 3.05) is 13.7 Å². The molecule has 3 heteroatoms. The topological polar surface area (TPSA) is 21.3 Å². The molecule has 0 saturated carbocycles. The predicted octanol–water partition coefficient (Wildman–Crippen LogP) is 4.35. The van der Waals surface area contributed by atoms with Crippen LogP contribution in [0, 0.1) is 6.92 Å². The summed E-state index contributed by atoms with van der Waals surface area (Å²) in [4.78, 5) is 1.29. The second-order valence-electron chi connectivity index (χ2n) is 5.05. The normalized spacial score (nSPS) is 12.3. The lowest BCUT2D eigenvalue weighted by atomic mass is 10.0. The third-order valence-corrected chi connectivity index (χ3v) is 4.41. The Bertz CT molecular complexity index is 518. The van der Waals surface area contributed by atoms with Gasteiger partial charge in [-0.3, -0.25) is 0 Å². The standard InChI is InChI=1S/C17H23NOS/c1-4-10-18-15(17-16(19-3)9-11-20-17)12-14-7-5-13(2)6-8-14/h5-9,11,15,18H,4,10,12H2,1-3H3. The van der Waals surface area contributed by atoms with Crippen LogP contribution in [0.5, 0.6) is 5.75 Å². The third-order valence-electron chi connectivity index (χ3n) is 3.39. The van der Waals surface area contributed by atoms with Gasteiger partial charge in [-0.25, -0.2) is 0 Å². The van der Waals surface area contributed by atoms with E-state index < -0.39 is 0 Å². The van der Waals surface area contributed by atoms with Gasteiger partial charge in [-0.1, -0.05) is 36.8 Å². The van der Waals surface area contributed by atoms with Gasteiger partial charge >= 0.3 is 0 Å². The second-order valence-corrected chi connectivity index (χ2v) is 6.00. The summed E-state index contributed by atoms with van der Waals surface area (Å²) in [6.45, 7) is 5.35.